The number of hydrogen-bond donors (Lipinski definition) is 0. The molecule has 0 saturated carbocycles. The Morgan fingerprint density at radius 3 is 2.26 bits per heavy atom. The lowest BCUT2D eigenvalue weighted by molar-refractivity contribution is -0.113. The minimum atomic E-state index is -0.215. The summed E-state index contributed by atoms with van der Waals surface area (Å²) < 4.78 is 0. The van der Waals surface area contributed by atoms with Gasteiger partial charge in [0, 0.05) is 24.2 Å². The largest absolute Gasteiger partial charge is 0.305 e. The predicted molar refractivity (Wildman–Crippen MR) is 77.9 cm³/mol. The third-order valence-electron chi connectivity index (χ3n) is 2.81. The summed E-state index contributed by atoms with van der Waals surface area (Å²) in [5.41, 5.74) is 2.85. The quantitative estimate of drug-likeness (QED) is 0.711. The molecule has 0 aliphatic rings. The maximum absolute atomic E-state index is 12.0. The number of rotatable bonds is 1. The van der Waals surface area contributed by atoms with Crippen LogP contribution in [0.1, 0.15) is 11.1 Å². The van der Waals surface area contributed by atoms with Crippen molar-refractivity contribution >= 4 is 11.6 Å². The standard InChI is InChI=1S/C17H15NO/c1-14-8-11-16(12-9-14)18(2)17(19)13-10-15-6-4-3-5-7-15/h3-9,11-12H,1-2H3. The van der Waals surface area contributed by atoms with Crippen molar-refractivity contribution in [2.45, 2.75) is 6.92 Å². The summed E-state index contributed by atoms with van der Waals surface area (Å²) in [6.07, 6.45) is 0. The Morgan fingerprint density at radius 1 is 1.00 bits per heavy atom. The summed E-state index contributed by atoms with van der Waals surface area (Å²) in [5, 5.41) is 0. The van der Waals surface area contributed by atoms with Crippen molar-refractivity contribution in [3.8, 4) is 11.8 Å². The average Bonchev–Trinajstić information content (AvgIpc) is 2.46. The fourth-order valence-electron chi connectivity index (χ4n) is 1.62. The molecule has 19 heavy (non-hydrogen) atoms. The SMILES string of the molecule is Cc1ccc(N(C)C(=O)C#Cc2ccccc2)cc1. The van der Waals surface area contributed by atoms with Crippen LogP contribution in [0.15, 0.2) is 54.6 Å². The minimum Gasteiger partial charge on any atom is -0.305 e. The second-order valence-corrected chi connectivity index (χ2v) is 4.32. The van der Waals surface area contributed by atoms with E-state index in [1.54, 1.807) is 11.9 Å². The first-order chi connectivity index (χ1) is 9.16. The number of carbonyl (C=O) groups is 1. The van der Waals surface area contributed by atoms with E-state index in [1.165, 1.54) is 5.56 Å². The van der Waals surface area contributed by atoms with E-state index in [9.17, 15) is 4.79 Å². The second kappa shape index (κ2) is 5.88. The molecule has 94 valence electrons. The van der Waals surface area contributed by atoms with E-state index in [1.807, 2.05) is 61.5 Å². The maximum atomic E-state index is 12.0. The van der Waals surface area contributed by atoms with Crippen molar-refractivity contribution in [2.24, 2.45) is 0 Å². The molecule has 2 rings (SSSR count). The monoisotopic (exact) mass is 249 g/mol. The minimum absolute atomic E-state index is 0.215. The lowest BCUT2D eigenvalue weighted by atomic mass is 10.2. The number of hydrogen-bond acceptors (Lipinski definition) is 1. The van der Waals surface area contributed by atoms with Gasteiger partial charge in [0.2, 0.25) is 0 Å². The fraction of sp³-hybridized carbons (Fsp3) is 0.118. The molecule has 0 fully saturated rings. The molecule has 0 spiro atoms. The number of nitrogens with zero attached hydrogens (tertiary/aromatic N) is 1. The van der Waals surface area contributed by atoms with Crippen LogP contribution in [0.25, 0.3) is 0 Å². The molecule has 0 saturated heterocycles. The molecule has 0 aromatic heterocycles. The van der Waals surface area contributed by atoms with Gasteiger partial charge in [-0.2, -0.15) is 0 Å². The van der Waals surface area contributed by atoms with Gasteiger partial charge in [-0.05, 0) is 31.2 Å². The Labute approximate surface area is 113 Å². The van der Waals surface area contributed by atoms with Gasteiger partial charge in [-0.1, -0.05) is 41.8 Å². The van der Waals surface area contributed by atoms with Crippen LogP contribution >= 0.6 is 0 Å². The van der Waals surface area contributed by atoms with E-state index in [4.69, 9.17) is 0 Å². The smallest absolute Gasteiger partial charge is 0.302 e. The van der Waals surface area contributed by atoms with Crippen molar-refractivity contribution in [3.63, 3.8) is 0 Å². The highest BCUT2D eigenvalue weighted by atomic mass is 16.2. The van der Waals surface area contributed by atoms with Gasteiger partial charge in [0.1, 0.15) is 0 Å². The molecule has 2 aromatic rings. The number of aryl methyl sites for hydroxylation is 1. The lowest BCUT2D eigenvalue weighted by Crippen LogP contribution is -2.24. The van der Waals surface area contributed by atoms with Crippen LogP contribution in [0.4, 0.5) is 5.69 Å². The molecule has 2 aromatic carbocycles. The van der Waals surface area contributed by atoms with E-state index >= 15 is 0 Å². The van der Waals surface area contributed by atoms with Gasteiger partial charge >= 0.3 is 5.91 Å². The average molecular weight is 249 g/mol. The van der Waals surface area contributed by atoms with Crippen LogP contribution in [0.3, 0.4) is 0 Å². The van der Waals surface area contributed by atoms with E-state index < -0.39 is 0 Å². The molecular formula is C17H15NO. The molecule has 1 amide bonds. The van der Waals surface area contributed by atoms with E-state index in [0.29, 0.717) is 0 Å². The van der Waals surface area contributed by atoms with Gasteiger partial charge in [0.25, 0.3) is 0 Å². The number of amides is 1. The zero-order chi connectivity index (χ0) is 13.7. The summed E-state index contributed by atoms with van der Waals surface area (Å²) in [6.45, 7) is 2.01. The molecule has 0 N–H and O–H groups in total. The van der Waals surface area contributed by atoms with Crippen molar-refractivity contribution < 1.29 is 4.79 Å². The molecule has 0 aliphatic carbocycles. The molecule has 2 heteroatoms. The Balaban J connectivity index is 2.12. The highest BCUT2D eigenvalue weighted by Crippen LogP contribution is 2.13. The van der Waals surface area contributed by atoms with Gasteiger partial charge in [0.05, 0.1) is 0 Å². The Bertz CT molecular complexity index is 618. The highest BCUT2D eigenvalue weighted by molar-refractivity contribution is 6.05. The molecule has 0 bridgehead atoms. The fourth-order valence-corrected chi connectivity index (χ4v) is 1.62. The molecule has 0 aliphatic heterocycles. The van der Waals surface area contributed by atoms with Gasteiger partial charge < -0.3 is 4.90 Å². The van der Waals surface area contributed by atoms with Crippen molar-refractivity contribution in [2.75, 3.05) is 11.9 Å². The second-order valence-electron chi connectivity index (χ2n) is 4.32. The number of benzene rings is 2. The summed E-state index contributed by atoms with van der Waals surface area (Å²) in [4.78, 5) is 13.5. The molecule has 2 nitrogen and oxygen atoms in total. The number of anilines is 1. The summed E-state index contributed by atoms with van der Waals surface area (Å²) in [6, 6.07) is 17.3. The van der Waals surface area contributed by atoms with Crippen LogP contribution in [-0.2, 0) is 4.79 Å². The van der Waals surface area contributed by atoms with Gasteiger partial charge in [0.15, 0.2) is 0 Å². The van der Waals surface area contributed by atoms with E-state index in [2.05, 4.69) is 11.8 Å². The van der Waals surface area contributed by atoms with Crippen LogP contribution in [0.5, 0.6) is 0 Å². The topological polar surface area (TPSA) is 20.3 Å². The Morgan fingerprint density at radius 2 is 1.63 bits per heavy atom. The molecule has 0 radical (unpaired) electrons. The maximum Gasteiger partial charge on any atom is 0.302 e. The Kier molecular flexibility index (Phi) is 4.00. The molecule has 0 heterocycles. The van der Waals surface area contributed by atoms with E-state index in [0.717, 1.165) is 11.3 Å². The predicted octanol–water partition coefficient (Wildman–Crippen LogP) is 3.01. The van der Waals surface area contributed by atoms with Crippen molar-refractivity contribution in [3.05, 3.63) is 65.7 Å². The first-order valence-electron chi connectivity index (χ1n) is 6.08. The zero-order valence-corrected chi connectivity index (χ0v) is 11.1. The van der Waals surface area contributed by atoms with Crippen molar-refractivity contribution in [1.82, 2.24) is 0 Å². The zero-order valence-electron chi connectivity index (χ0n) is 11.1. The Hall–Kier alpha value is -2.53. The number of carbonyl (C=O) groups excluding carboxylic acids is 1. The lowest BCUT2D eigenvalue weighted by Gasteiger charge is -2.13. The van der Waals surface area contributed by atoms with E-state index in [-0.39, 0.29) is 5.91 Å². The summed E-state index contributed by atoms with van der Waals surface area (Å²) in [7, 11) is 1.73. The van der Waals surface area contributed by atoms with Gasteiger partial charge in [-0.3, -0.25) is 4.79 Å². The first-order valence-corrected chi connectivity index (χ1v) is 6.08. The van der Waals surface area contributed by atoms with Crippen LogP contribution < -0.4 is 4.90 Å². The van der Waals surface area contributed by atoms with Crippen LogP contribution in [0.2, 0.25) is 0 Å². The summed E-state index contributed by atoms with van der Waals surface area (Å²) >= 11 is 0. The molecule has 0 atom stereocenters. The van der Waals surface area contributed by atoms with Crippen molar-refractivity contribution in [1.29, 1.82) is 0 Å². The van der Waals surface area contributed by atoms with Gasteiger partial charge in [-0.25, -0.2) is 0 Å². The first kappa shape index (κ1) is 12.9. The summed E-state index contributed by atoms with van der Waals surface area (Å²) in [5.74, 6) is 5.30. The highest BCUT2D eigenvalue weighted by Gasteiger charge is 2.07. The third-order valence-corrected chi connectivity index (χ3v) is 2.81. The molecule has 0 unspecified atom stereocenters. The molecular weight excluding hydrogens is 234 g/mol. The third kappa shape index (κ3) is 3.46. The van der Waals surface area contributed by atoms with Crippen LogP contribution in [-0.4, -0.2) is 13.0 Å². The van der Waals surface area contributed by atoms with Gasteiger partial charge in [-0.15, -0.1) is 0 Å². The van der Waals surface area contributed by atoms with Crippen LogP contribution in [0, 0.1) is 18.8 Å². The normalized spacial score (nSPS) is 9.37.